The zero-order chi connectivity index (χ0) is 15.1. The van der Waals surface area contributed by atoms with Crippen LogP contribution in [0.3, 0.4) is 0 Å². The van der Waals surface area contributed by atoms with Crippen LogP contribution in [0.2, 0.25) is 0 Å². The second-order valence-corrected chi connectivity index (χ2v) is 5.58. The van der Waals surface area contributed by atoms with Crippen molar-refractivity contribution in [3.05, 3.63) is 0 Å². The van der Waals surface area contributed by atoms with Gasteiger partial charge in [-0.2, -0.15) is 0 Å². The van der Waals surface area contributed by atoms with Crippen LogP contribution in [-0.2, 0) is 14.3 Å². The Morgan fingerprint density at radius 1 is 1.36 bits per heavy atom. The van der Waals surface area contributed by atoms with Crippen LogP contribution in [0.5, 0.6) is 0 Å². The van der Waals surface area contributed by atoms with Gasteiger partial charge in [0.15, 0.2) is 5.96 Å². The summed E-state index contributed by atoms with van der Waals surface area (Å²) in [5.41, 5.74) is 0. The van der Waals surface area contributed by atoms with E-state index >= 15 is 0 Å². The van der Waals surface area contributed by atoms with Gasteiger partial charge in [0, 0.05) is 33.3 Å². The molecule has 0 aromatic carbocycles. The number of halogens is 1. The summed E-state index contributed by atoms with van der Waals surface area (Å²) >= 11 is 0. The SMILES string of the molecule is CCOC(=O)C1CCN(C(=NC)NCC2CCCO2)CC1.I. The third kappa shape index (κ3) is 5.57. The van der Waals surface area contributed by atoms with Crippen LogP contribution >= 0.6 is 24.0 Å². The maximum atomic E-state index is 11.7. The van der Waals surface area contributed by atoms with E-state index in [0.717, 1.165) is 57.9 Å². The van der Waals surface area contributed by atoms with Crippen molar-refractivity contribution in [3.63, 3.8) is 0 Å². The molecule has 2 saturated heterocycles. The van der Waals surface area contributed by atoms with Crippen LogP contribution in [0, 0.1) is 5.92 Å². The van der Waals surface area contributed by atoms with Gasteiger partial charge in [0.25, 0.3) is 0 Å². The van der Waals surface area contributed by atoms with Crippen molar-refractivity contribution >= 4 is 35.9 Å². The number of hydrogen-bond donors (Lipinski definition) is 1. The van der Waals surface area contributed by atoms with Gasteiger partial charge in [-0.05, 0) is 32.6 Å². The summed E-state index contributed by atoms with van der Waals surface area (Å²) in [7, 11) is 1.80. The first kappa shape index (κ1) is 19.5. The Balaban J connectivity index is 0.00000242. The van der Waals surface area contributed by atoms with Gasteiger partial charge < -0.3 is 19.7 Å². The number of ether oxygens (including phenoxy) is 2. The first-order valence-corrected chi connectivity index (χ1v) is 7.98. The number of carbonyl (C=O) groups excluding carboxylic acids is 1. The Morgan fingerprint density at radius 3 is 2.64 bits per heavy atom. The molecule has 1 N–H and O–H groups in total. The predicted octanol–water partition coefficient (Wildman–Crippen LogP) is 1.63. The molecule has 2 heterocycles. The van der Waals surface area contributed by atoms with Gasteiger partial charge >= 0.3 is 5.97 Å². The van der Waals surface area contributed by atoms with Crippen LogP contribution < -0.4 is 5.32 Å². The molecule has 0 spiro atoms. The second kappa shape index (κ2) is 10.3. The van der Waals surface area contributed by atoms with Gasteiger partial charge in [-0.25, -0.2) is 0 Å². The number of aliphatic imine (C=N–C) groups is 1. The highest BCUT2D eigenvalue weighted by Gasteiger charge is 2.27. The molecule has 2 aliphatic rings. The highest BCUT2D eigenvalue weighted by Crippen LogP contribution is 2.19. The molecule has 1 unspecified atom stereocenters. The molecule has 6 nitrogen and oxygen atoms in total. The largest absolute Gasteiger partial charge is 0.466 e. The topological polar surface area (TPSA) is 63.2 Å². The zero-order valence-corrected chi connectivity index (χ0v) is 15.9. The molecule has 0 radical (unpaired) electrons. The molecule has 0 aromatic rings. The van der Waals surface area contributed by atoms with E-state index in [-0.39, 0.29) is 35.9 Å². The molecular formula is C15H28IN3O3. The van der Waals surface area contributed by atoms with Gasteiger partial charge in [-0.1, -0.05) is 0 Å². The number of nitrogens with zero attached hydrogens (tertiary/aromatic N) is 2. The van der Waals surface area contributed by atoms with Gasteiger partial charge in [-0.3, -0.25) is 9.79 Å². The van der Waals surface area contributed by atoms with Crippen molar-refractivity contribution in [2.45, 2.75) is 38.7 Å². The molecule has 0 bridgehead atoms. The lowest BCUT2D eigenvalue weighted by Crippen LogP contribution is -2.48. The Morgan fingerprint density at radius 2 is 2.09 bits per heavy atom. The van der Waals surface area contributed by atoms with E-state index in [9.17, 15) is 4.79 Å². The smallest absolute Gasteiger partial charge is 0.309 e. The van der Waals surface area contributed by atoms with Gasteiger partial charge in [-0.15, -0.1) is 24.0 Å². The summed E-state index contributed by atoms with van der Waals surface area (Å²) in [5.74, 6) is 0.893. The second-order valence-electron chi connectivity index (χ2n) is 5.58. The van der Waals surface area contributed by atoms with Crippen LogP contribution in [0.15, 0.2) is 4.99 Å². The highest BCUT2D eigenvalue weighted by atomic mass is 127. The highest BCUT2D eigenvalue weighted by molar-refractivity contribution is 14.0. The third-order valence-electron chi connectivity index (χ3n) is 4.14. The fraction of sp³-hybridized carbons (Fsp3) is 0.867. The van der Waals surface area contributed by atoms with Gasteiger partial charge in [0.05, 0.1) is 18.6 Å². The minimum absolute atomic E-state index is 0. The van der Waals surface area contributed by atoms with E-state index in [1.807, 2.05) is 6.92 Å². The number of esters is 1. The lowest BCUT2D eigenvalue weighted by atomic mass is 9.97. The minimum atomic E-state index is -0.0561. The number of carbonyl (C=O) groups is 1. The van der Waals surface area contributed by atoms with Crippen molar-refractivity contribution in [3.8, 4) is 0 Å². The monoisotopic (exact) mass is 425 g/mol. The number of rotatable bonds is 4. The van der Waals surface area contributed by atoms with E-state index in [0.29, 0.717) is 12.7 Å². The normalized spacial score (nSPS) is 23.1. The average molecular weight is 425 g/mol. The Bertz CT molecular complexity index is 365. The molecule has 0 saturated carbocycles. The van der Waals surface area contributed by atoms with E-state index in [4.69, 9.17) is 9.47 Å². The van der Waals surface area contributed by atoms with Crippen LogP contribution in [-0.4, -0.2) is 62.8 Å². The standard InChI is InChI=1S/C15H27N3O3.HI/c1-3-20-14(19)12-6-8-18(9-7-12)15(16-2)17-11-13-5-4-10-21-13;/h12-13H,3-11H2,1-2H3,(H,16,17);1H. The maximum absolute atomic E-state index is 11.7. The molecule has 2 fully saturated rings. The summed E-state index contributed by atoms with van der Waals surface area (Å²) in [4.78, 5) is 18.3. The minimum Gasteiger partial charge on any atom is -0.466 e. The maximum Gasteiger partial charge on any atom is 0.309 e. The molecule has 7 heteroatoms. The van der Waals surface area contributed by atoms with E-state index in [1.54, 1.807) is 7.05 Å². The van der Waals surface area contributed by atoms with E-state index in [1.165, 1.54) is 0 Å². The van der Waals surface area contributed by atoms with Gasteiger partial charge in [0.1, 0.15) is 0 Å². The number of hydrogen-bond acceptors (Lipinski definition) is 4. The van der Waals surface area contributed by atoms with Crippen molar-refractivity contribution < 1.29 is 14.3 Å². The fourth-order valence-corrected chi connectivity index (χ4v) is 2.93. The number of guanidine groups is 1. The summed E-state index contributed by atoms with van der Waals surface area (Å²) in [6.45, 7) is 5.68. The molecule has 2 rings (SSSR count). The lowest BCUT2D eigenvalue weighted by molar-refractivity contribution is -0.149. The van der Waals surface area contributed by atoms with Crippen LogP contribution in [0.4, 0.5) is 0 Å². The third-order valence-corrected chi connectivity index (χ3v) is 4.14. The Kier molecular flexibility index (Phi) is 9.08. The molecular weight excluding hydrogens is 397 g/mol. The first-order chi connectivity index (χ1) is 10.2. The summed E-state index contributed by atoms with van der Waals surface area (Å²) in [6.07, 6.45) is 4.24. The van der Waals surface area contributed by atoms with Gasteiger partial charge in [0.2, 0.25) is 0 Å². The Labute approximate surface area is 150 Å². The average Bonchev–Trinajstić information content (AvgIpc) is 3.02. The van der Waals surface area contributed by atoms with Crippen LogP contribution in [0.25, 0.3) is 0 Å². The number of nitrogens with one attached hydrogen (secondary N) is 1. The summed E-state index contributed by atoms with van der Waals surface area (Å²) in [6, 6.07) is 0. The molecule has 22 heavy (non-hydrogen) atoms. The summed E-state index contributed by atoms with van der Waals surface area (Å²) < 4.78 is 10.7. The van der Waals surface area contributed by atoms with Crippen molar-refractivity contribution in [1.82, 2.24) is 10.2 Å². The number of piperidine rings is 1. The van der Waals surface area contributed by atoms with Crippen molar-refractivity contribution in [2.75, 3.05) is 39.9 Å². The predicted molar refractivity (Wildman–Crippen MR) is 96.7 cm³/mol. The number of likely N-dealkylation sites (tertiary alicyclic amines) is 1. The van der Waals surface area contributed by atoms with E-state index in [2.05, 4.69) is 15.2 Å². The molecule has 0 aliphatic carbocycles. The Hall–Kier alpha value is -0.570. The molecule has 0 aromatic heterocycles. The lowest BCUT2D eigenvalue weighted by Gasteiger charge is -2.33. The van der Waals surface area contributed by atoms with Crippen molar-refractivity contribution in [1.29, 1.82) is 0 Å². The van der Waals surface area contributed by atoms with E-state index < -0.39 is 0 Å². The van der Waals surface area contributed by atoms with Crippen LogP contribution in [0.1, 0.15) is 32.6 Å². The molecule has 128 valence electrons. The molecule has 0 amide bonds. The van der Waals surface area contributed by atoms with Crippen molar-refractivity contribution in [2.24, 2.45) is 10.9 Å². The molecule has 2 aliphatic heterocycles. The quantitative estimate of drug-likeness (QED) is 0.321. The first-order valence-electron chi connectivity index (χ1n) is 7.98. The summed E-state index contributed by atoms with van der Waals surface area (Å²) in [5, 5.41) is 3.39. The fourth-order valence-electron chi connectivity index (χ4n) is 2.93. The zero-order valence-electron chi connectivity index (χ0n) is 13.5. The molecule has 1 atom stereocenters.